The van der Waals surface area contributed by atoms with Crippen molar-refractivity contribution in [1.29, 1.82) is 0 Å². The van der Waals surface area contributed by atoms with Crippen LogP contribution in [0.2, 0.25) is 0 Å². The molecule has 0 saturated heterocycles. The van der Waals surface area contributed by atoms with Gasteiger partial charge in [-0.15, -0.1) is 0 Å². The second-order valence-corrected chi connectivity index (χ2v) is 2.23. The molecule has 0 rings (SSSR count). The minimum Gasteiger partial charge on any atom is -0.394 e. The van der Waals surface area contributed by atoms with Crippen LogP contribution in [0.1, 0.15) is 13.8 Å². The molecule has 1 unspecified atom stereocenters. The molecule has 74 valence electrons. The molecule has 0 spiro atoms. The Morgan fingerprint density at radius 3 is 2.50 bits per heavy atom. The van der Waals surface area contributed by atoms with Gasteiger partial charge in [0.2, 0.25) is 0 Å². The molecular formula is C8H18O4. The van der Waals surface area contributed by atoms with E-state index >= 15 is 0 Å². The SMILES string of the molecule is CCOC(C)OCCOCCO. The van der Waals surface area contributed by atoms with Crippen molar-refractivity contribution in [3.05, 3.63) is 0 Å². The van der Waals surface area contributed by atoms with E-state index in [1.807, 2.05) is 13.8 Å². The number of ether oxygens (including phenoxy) is 3. The average Bonchev–Trinajstić information content (AvgIpc) is 2.05. The zero-order valence-electron chi connectivity index (χ0n) is 7.78. The Balaban J connectivity index is 2.97. The Hall–Kier alpha value is -0.160. The Labute approximate surface area is 73.4 Å². The van der Waals surface area contributed by atoms with E-state index in [9.17, 15) is 0 Å². The fraction of sp³-hybridized carbons (Fsp3) is 1.00. The first-order valence-electron chi connectivity index (χ1n) is 4.23. The Morgan fingerprint density at radius 1 is 1.17 bits per heavy atom. The summed E-state index contributed by atoms with van der Waals surface area (Å²) >= 11 is 0. The first-order chi connectivity index (χ1) is 5.81. The molecule has 0 heterocycles. The maximum atomic E-state index is 8.37. The van der Waals surface area contributed by atoms with Crippen molar-refractivity contribution >= 4 is 0 Å². The lowest BCUT2D eigenvalue weighted by Crippen LogP contribution is -2.16. The van der Waals surface area contributed by atoms with Crippen molar-refractivity contribution in [3.63, 3.8) is 0 Å². The largest absolute Gasteiger partial charge is 0.394 e. The molecule has 12 heavy (non-hydrogen) atoms. The highest BCUT2D eigenvalue weighted by Gasteiger charge is 1.98. The van der Waals surface area contributed by atoms with E-state index in [0.29, 0.717) is 26.4 Å². The van der Waals surface area contributed by atoms with Crippen molar-refractivity contribution in [1.82, 2.24) is 0 Å². The van der Waals surface area contributed by atoms with Crippen molar-refractivity contribution < 1.29 is 19.3 Å². The minimum atomic E-state index is -0.173. The lowest BCUT2D eigenvalue weighted by molar-refractivity contribution is -0.136. The molecule has 0 aromatic rings. The molecule has 0 bridgehead atoms. The van der Waals surface area contributed by atoms with Gasteiger partial charge in [-0.25, -0.2) is 0 Å². The summed E-state index contributed by atoms with van der Waals surface area (Å²) in [6.07, 6.45) is -0.173. The van der Waals surface area contributed by atoms with Gasteiger partial charge in [-0.2, -0.15) is 0 Å². The highest BCUT2D eigenvalue weighted by molar-refractivity contribution is 4.33. The Bertz CT molecular complexity index is 87.1. The number of rotatable bonds is 8. The van der Waals surface area contributed by atoms with Gasteiger partial charge in [0, 0.05) is 6.61 Å². The van der Waals surface area contributed by atoms with Gasteiger partial charge in [-0.05, 0) is 13.8 Å². The van der Waals surface area contributed by atoms with Gasteiger partial charge in [0.25, 0.3) is 0 Å². The molecule has 0 aliphatic rings. The first-order valence-corrected chi connectivity index (χ1v) is 4.23. The molecule has 0 amide bonds. The topological polar surface area (TPSA) is 47.9 Å². The van der Waals surface area contributed by atoms with Gasteiger partial charge >= 0.3 is 0 Å². The normalized spacial score (nSPS) is 13.2. The van der Waals surface area contributed by atoms with Crippen LogP contribution in [0.15, 0.2) is 0 Å². The first kappa shape index (κ1) is 11.8. The fourth-order valence-corrected chi connectivity index (χ4v) is 0.722. The van der Waals surface area contributed by atoms with Crippen LogP contribution in [0.4, 0.5) is 0 Å². The van der Waals surface area contributed by atoms with Crippen molar-refractivity contribution in [2.24, 2.45) is 0 Å². The summed E-state index contributed by atoms with van der Waals surface area (Å²) in [5.74, 6) is 0. The van der Waals surface area contributed by atoms with Crippen LogP contribution >= 0.6 is 0 Å². The summed E-state index contributed by atoms with van der Waals surface area (Å²) in [4.78, 5) is 0. The van der Waals surface area contributed by atoms with Gasteiger partial charge in [-0.3, -0.25) is 0 Å². The van der Waals surface area contributed by atoms with Crippen LogP contribution in [0.5, 0.6) is 0 Å². The number of hydrogen-bond acceptors (Lipinski definition) is 4. The fourth-order valence-electron chi connectivity index (χ4n) is 0.722. The van der Waals surface area contributed by atoms with Crippen LogP contribution in [0.3, 0.4) is 0 Å². The number of aliphatic hydroxyl groups excluding tert-OH is 1. The van der Waals surface area contributed by atoms with Gasteiger partial charge in [0.05, 0.1) is 26.4 Å². The van der Waals surface area contributed by atoms with E-state index in [2.05, 4.69) is 0 Å². The summed E-state index contributed by atoms with van der Waals surface area (Å²) in [5, 5.41) is 8.37. The molecule has 0 aromatic heterocycles. The quantitative estimate of drug-likeness (QED) is 0.431. The molecule has 0 aliphatic heterocycles. The predicted molar refractivity (Wildman–Crippen MR) is 44.9 cm³/mol. The van der Waals surface area contributed by atoms with Gasteiger partial charge in [0.1, 0.15) is 0 Å². The van der Waals surface area contributed by atoms with Gasteiger partial charge in [-0.1, -0.05) is 0 Å². The van der Waals surface area contributed by atoms with E-state index < -0.39 is 0 Å². The number of hydrogen-bond donors (Lipinski definition) is 1. The second kappa shape index (κ2) is 8.93. The van der Waals surface area contributed by atoms with E-state index in [1.54, 1.807) is 0 Å². The maximum Gasteiger partial charge on any atom is 0.154 e. The lowest BCUT2D eigenvalue weighted by atomic mass is 10.7. The molecule has 0 aromatic carbocycles. The lowest BCUT2D eigenvalue weighted by Gasteiger charge is -2.12. The van der Waals surface area contributed by atoms with E-state index in [4.69, 9.17) is 19.3 Å². The van der Waals surface area contributed by atoms with Crippen molar-refractivity contribution in [3.8, 4) is 0 Å². The molecular weight excluding hydrogens is 160 g/mol. The highest BCUT2D eigenvalue weighted by Crippen LogP contribution is 1.92. The van der Waals surface area contributed by atoms with Crippen LogP contribution in [0.25, 0.3) is 0 Å². The third-order valence-electron chi connectivity index (χ3n) is 1.22. The average molecular weight is 178 g/mol. The molecule has 0 radical (unpaired) electrons. The smallest absolute Gasteiger partial charge is 0.154 e. The Morgan fingerprint density at radius 2 is 1.92 bits per heavy atom. The molecule has 4 heteroatoms. The molecule has 1 atom stereocenters. The van der Waals surface area contributed by atoms with Gasteiger partial charge in [0.15, 0.2) is 6.29 Å². The molecule has 0 fully saturated rings. The van der Waals surface area contributed by atoms with Crippen LogP contribution in [-0.4, -0.2) is 44.4 Å². The number of aliphatic hydroxyl groups is 1. The second-order valence-electron chi connectivity index (χ2n) is 2.23. The van der Waals surface area contributed by atoms with Crippen molar-refractivity contribution in [2.75, 3.05) is 33.0 Å². The zero-order chi connectivity index (χ0) is 9.23. The monoisotopic (exact) mass is 178 g/mol. The van der Waals surface area contributed by atoms with E-state index in [0.717, 1.165) is 0 Å². The standard InChI is InChI=1S/C8H18O4/c1-3-11-8(2)12-7-6-10-5-4-9/h8-9H,3-7H2,1-2H3. The summed E-state index contributed by atoms with van der Waals surface area (Å²) in [6, 6.07) is 0. The van der Waals surface area contributed by atoms with Crippen molar-refractivity contribution in [2.45, 2.75) is 20.1 Å². The zero-order valence-corrected chi connectivity index (χ0v) is 7.78. The van der Waals surface area contributed by atoms with Crippen LogP contribution in [-0.2, 0) is 14.2 Å². The predicted octanol–water partition coefficient (Wildman–Crippen LogP) is 0.394. The van der Waals surface area contributed by atoms with E-state index in [1.165, 1.54) is 0 Å². The molecule has 0 saturated carbocycles. The van der Waals surface area contributed by atoms with Crippen LogP contribution in [0, 0.1) is 0 Å². The Kier molecular flexibility index (Phi) is 8.81. The maximum absolute atomic E-state index is 8.37. The summed E-state index contributed by atoms with van der Waals surface area (Å²) in [5.41, 5.74) is 0. The van der Waals surface area contributed by atoms with Gasteiger partial charge < -0.3 is 19.3 Å². The third kappa shape index (κ3) is 7.94. The summed E-state index contributed by atoms with van der Waals surface area (Å²) < 4.78 is 15.3. The summed E-state index contributed by atoms with van der Waals surface area (Å²) in [6.45, 7) is 5.84. The van der Waals surface area contributed by atoms with Crippen LogP contribution < -0.4 is 0 Å². The molecule has 1 N–H and O–H groups in total. The summed E-state index contributed by atoms with van der Waals surface area (Å²) in [7, 11) is 0. The van der Waals surface area contributed by atoms with E-state index in [-0.39, 0.29) is 12.9 Å². The molecule has 0 aliphatic carbocycles. The minimum absolute atomic E-state index is 0.0566. The third-order valence-corrected chi connectivity index (χ3v) is 1.22. The highest BCUT2D eigenvalue weighted by atomic mass is 16.7. The molecule has 4 nitrogen and oxygen atoms in total.